The summed E-state index contributed by atoms with van der Waals surface area (Å²) < 4.78 is 0. The first-order chi connectivity index (χ1) is 7.06. The fourth-order valence-electron chi connectivity index (χ4n) is 3.23. The van der Waals surface area contributed by atoms with E-state index < -0.39 is 16.1 Å². The van der Waals surface area contributed by atoms with E-state index in [0.29, 0.717) is 0 Å². The van der Waals surface area contributed by atoms with Gasteiger partial charge in [0.25, 0.3) is 0 Å². The number of hydrogen-bond donors (Lipinski definition) is 0. The summed E-state index contributed by atoms with van der Waals surface area (Å²) in [5.41, 5.74) is 5.09. The maximum atomic E-state index is 2.67. The van der Waals surface area contributed by atoms with Crippen molar-refractivity contribution < 1.29 is 0 Å². The Labute approximate surface area is 117 Å². The van der Waals surface area contributed by atoms with E-state index in [2.05, 4.69) is 52.8 Å². The molecule has 0 aliphatic heterocycles. The van der Waals surface area contributed by atoms with Crippen LogP contribution in [0.2, 0.25) is 68.9 Å². The minimum atomic E-state index is -0.805. The quantitative estimate of drug-likeness (QED) is 0.579. The van der Waals surface area contributed by atoms with E-state index in [4.69, 9.17) is 0 Å². The Kier molecular flexibility index (Phi) is 9.65. The molecule has 0 saturated heterocycles. The maximum absolute atomic E-state index is 2.67. The molecule has 0 fully saturated rings. The summed E-state index contributed by atoms with van der Waals surface area (Å²) in [6.45, 7) is 20.6. The Morgan fingerprint density at radius 3 is 1.53 bits per heavy atom. The highest BCUT2D eigenvalue weighted by Gasteiger charge is 2.28. The van der Waals surface area contributed by atoms with Gasteiger partial charge in [0.15, 0.2) is 0 Å². The molecule has 106 valence electrons. The Morgan fingerprint density at radius 2 is 1.18 bits per heavy atom. The van der Waals surface area contributed by atoms with Crippen LogP contribution in [0.4, 0.5) is 0 Å². The van der Waals surface area contributed by atoms with E-state index in [9.17, 15) is 0 Å². The highest BCUT2D eigenvalue weighted by atomic mass is 28.4. The third kappa shape index (κ3) is 11.7. The fourth-order valence-corrected chi connectivity index (χ4v) is 31.9. The molecule has 0 saturated carbocycles. The van der Waals surface area contributed by atoms with Crippen molar-refractivity contribution in [1.82, 2.24) is 0 Å². The predicted molar refractivity (Wildman–Crippen MR) is 98.5 cm³/mol. The summed E-state index contributed by atoms with van der Waals surface area (Å²) in [6, 6.07) is 1.51. The minimum Gasteiger partial charge on any atom is -0.0776 e. The summed E-state index contributed by atoms with van der Waals surface area (Å²) in [4.78, 5) is 0. The molecule has 2 unspecified atom stereocenters. The van der Waals surface area contributed by atoms with E-state index in [1.807, 2.05) is 0 Å². The van der Waals surface area contributed by atoms with E-state index in [-0.39, 0.29) is 25.0 Å². The van der Waals surface area contributed by atoms with Gasteiger partial charge < -0.3 is 0 Å². The molecule has 2 atom stereocenters. The van der Waals surface area contributed by atoms with Gasteiger partial charge in [-0.3, -0.25) is 0 Å². The van der Waals surface area contributed by atoms with Gasteiger partial charge in [0, 0.05) is 33.7 Å². The monoisotopic (exact) mass is 306 g/mol. The van der Waals surface area contributed by atoms with Gasteiger partial charge in [0.05, 0.1) is 0 Å². The van der Waals surface area contributed by atoms with Gasteiger partial charge in [0.2, 0.25) is 0 Å². The largest absolute Gasteiger partial charge is 0.0776 e. The van der Waals surface area contributed by atoms with Crippen LogP contribution in [0, 0.1) is 0 Å². The van der Waals surface area contributed by atoms with Gasteiger partial charge in [0.1, 0.15) is 0 Å². The van der Waals surface area contributed by atoms with Gasteiger partial charge in [-0.05, 0) is 0 Å². The molecule has 0 N–H and O–H groups in total. The van der Waals surface area contributed by atoms with Crippen molar-refractivity contribution in [2.75, 3.05) is 0 Å². The summed E-state index contributed by atoms with van der Waals surface area (Å²) in [6.07, 6.45) is 0. The Morgan fingerprint density at radius 1 is 0.765 bits per heavy atom. The summed E-state index contributed by atoms with van der Waals surface area (Å²) in [7, 11) is -2.28. The minimum absolute atomic E-state index is 0. The van der Waals surface area contributed by atoms with Crippen LogP contribution in [-0.2, 0) is 0 Å². The molecule has 0 rings (SSSR count). The maximum Gasteiger partial charge on any atom is 0.0416 e. The van der Waals surface area contributed by atoms with Crippen molar-refractivity contribution in [2.24, 2.45) is 0 Å². The lowest BCUT2D eigenvalue weighted by Crippen LogP contribution is -2.38. The van der Waals surface area contributed by atoms with Crippen LogP contribution >= 0.6 is 0 Å². The molecular weight excluding hydrogens is 268 g/mol. The van der Waals surface area contributed by atoms with Crippen molar-refractivity contribution >= 4 is 33.7 Å². The van der Waals surface area contributed by atoms with E-state index in [1.54, 1.807) is 17.0 Å². The zero-order valence-corrected chi connectivity index (χ0v) is 17.3. The zero-order valence-electron chi connectivity index (χ0n) is 13.0. The molecule has 0 heterocycles. The molecule has 0 aliphatic carbocycles. The third-order valence-electron chi connectivity index (χ3n) is 3.46. The molecule has 0 bridgehead atoms. The molecule has 0 aromatic heterocycles. The Balaban J connectivity index is 0. The van der Waals surface area contributed by atoms with Gasteiger partial charge in [-0.2, -0.15) is 0 Å². The second-order valence-electron chi connectivity index (χ2n) is 7.96. The average molecular weight is 307 g/mol. The normalized spacial score (nSPS) is 16.2. The molecule has 0 aromatic carbocycles. The Bertz CT molecular complexity index is 196. The average Bonchev–Trinajstić information content (AvgIpc) is 1.97. The second kappa shape index (κ2) is 8.12. The lowest BCUT2D eigenvalue weighted by atomic mass is 11.0. The van der Waals surface area contributed by atoms with Crippen LogP contribution < -0.4 is 0 Å². The van der Waals surface area contributed by atoms with Crippen LogP contribution in [-0.4, -0.2) is 33.7 Å². The first-order valence-corrected chi connectivity index (χ1v) is 19.8. The fraction of sp³-hybridized carbons (Fsp3) is 1.00. The van der Waals surface area contributed by atoms with Crippen molar-refractivity contribution in [3.63, 3.8) is 0 Å². The summed E-state index contributed by atoms with van der Waals surface area (Å²) in [5.74, 6) is 0. The standard InChI is InChI=1S/C12H34Si4.CH4/c1-9-13(2)11-16(7,8)12-14(3)10-15(4,5)6;/h13-14H,9-12H2,1-8H3;1H4. The van der Waals surface area contributed by atoms with Crippen LogP contribution in [0.25, 0.3) is 0 Å². The number of rotatable bonds is 7. The van der Waals surface area contributed by atoms with Crippen molar-refractivity contribution in [3.8, 4) is 0 Å². The number of hydrogen-bond acceptors (Lipinski definition) is 0. The highest BCUT2D eigenvalue weighted by molar-refractivity contribution is 6.98. The van der Waals surface area contributed by atoms with Crippen LogP contribution in [0.1, 0.15) is 14.4 Å². The molecular formula is C13H38Si4. The van der Waals surface area contributed by atoms with E-state index >= 15 is 0 Å². The topological polar surface area (TPSA) is 0 Å². The van der Waals surface area contributed by atoms with Crippen LogP contribution in [0.5, 0.6) is 0 Å². The zero-order chi connectivity index (χ0) is 13.0. The van der Waals surface area contributed by atoms with E-state index in [0.717, 1.165) is 0 Å². The summed E-state index contributed by atoms with van der Waals surface area (Å²) >= 11 is 0. The SMILES string of the molecule is C.CC[SiH](C)C[Si](C)(C)C[SiH](C)C[Si](C)(C)C. The molecule has 0 radical (unpaired) electrons. The lowest BCUT2D eigenvalue weighted by Gasteiger charge is -2.30. The van der Waals surface area contributed by atoms with Gasteiger partial charge in [-0.1, -0.05) is 83.2 Å². The lowest BCUT2D eigenvalue weighted by molar-refractivity contribution is 1.37. The molecule has 0 aromatic rings. The second-order valence-corrected chi connectivity index (χ2v) is 27.5. The molecule has 0 aliphatic rings. The first kappa shape index (κ1) is 20.2. The molecule has 0 amide bonds. The molecule has 0 spiro atoms. The first-order valence-electron chi connectivity index (χ1n) is 7.06. The third-order valence-corrected chi connectivity index (χ3v) is 27.0. The van der Waals surface area contributed by atoms with Crippen LogP contribution in [0.15, 0.2) is 0 Å². The smallest absolute Gasteiger partial charge is 0.0416 e. The van der Waals surface area contributed by atoms with Crippen molar-refractivity contribution in [1.29, 1.82) is 0 Å². The molecule has 0 nitrogen and oxygen atoms in total. The molecule has 4 heteroatoms. The van der Waals surface area contributed by atoms with Crippen LogP contribution in [0.3, 0.4) is 0 Å². The van der Waals surface area contributed by atoms with Crippen molar-refractivity contribution in [2.45, 2.75) is 83.2 Å². The van der Waals surface area contributed by atoms with Gasteiger partial charge >= 0.3 is 0 Å². The van der Waals surface area contributed by atoms with Crippen molar-refractivity contribution in [3.05, 3.63) is 0 Å². The summed E-state index contributed by atoms with van der Waals surface area (Å²) in [5, 5.41) is 0. The predicted octanol–water partition coefficient (Wildman–Crippen LogP) is 5.02. The highest BCUT2D eigenvalue weighted by Crippen LogP contribution is 2.23. The molecule has 17 heavy (non-hydrogen) atoms. The van der Waals surface area contributed by atoms with E-state index in [1.165, 1.54) is 6.04 Å². The Hall–Kier alpha value is 0.868. The van der Waals surface area contributed by atoms with Gasteiger partial charge in [-0.25, -0.2) is 0 Å². The van der Waals surface area contributed by atoms with Gasteiger partial charge in [-0.15, -0.1) is 0 Å².